The van der Waals surface area contributed by atoms with Gasteiger partial charge in [-0.05, 0) is 77.0 Å². The predicted molar refractivity (Wildman–Crippen MR) is 185 cm³/mol. The lowest BCUT2D eigenvalue weighted by Crippen LogP contribution is -2.45. The molecule has 0 heterocycles. The lowest BCUT2D eigenvalue weighted by Gasteiger charge is -2.19. The molecule has 5 heteroatoms. The summed E-state index contributed by atoms with van der Waals surface area (Å²) in [6.07, 6.45) is 43.3. The molecule has 0 aromatic heterocycles. The van der Waals surface area contributed by atoms with E-state index in [1.807, 2.05) is 6.08 Å². The molecule has 4 N–H and O–H groups in total. The van der Waals surface area contributed by atoms with E-state index >= 15 is 0 Å². The number of allylic oxidation sites excluding steroid dienone is 10. The number of carbonyl (C=O) groups excluding carboxylic acids is 1. The van der Waals surface area contributed by atoms with Crippen LogP contribution in [0.25, 0.3) is 0 Å². The standard InChI is InChI=1S/C38H65NO4/c1-3-5-6-7-8-9-10-12-16-19-22-25-28-32-37(42)36(34-40)39-38(43)33-29-26-23-20-17-14-11-13-15-18-21-24-27-31-35(41)30-4-2/h6-7,11,14-15,18,20,23-24,27-28,32,35-37,40-42H,3-5,8-10,12-13,16-17,19,21-22,25-26,29-31,33-34H2,1-2H3,(H,39,43)/b7-6-,14-11-,18-15-,23-20-,27-24-,32-28+/t35?,36-,37+/m0/s1. The molecule has 0 radical (unpaired) electrons. The van der Waals surface area contributed by atoms with Crippen LogP contribution < -0.4 is 5.32 Å². The van der Waals surface area contributed by atoms with Crippen LogP contribution in [-0.4, -0.2) is 46.1 Å². The van der Waals surface area contributed by atoms with Crippen LogP contribution in [0.5, 0.6) is 0 Å². The number of amides is 1. The van der Waals surface area contributed by atoms with Crippen molar-refractivity contribution >= 4 is 5.91 Å². The van der Waals surface area contributed by atoms with E-state index < -0.39 is 12.1 Å². The van der Waals surface area contributed by atoms with Crippen LogP contribution in [0.2, 0.25) is 0 Å². The van der Waals surface area contributed by atoms with Crippen LogP contribution in [-0.2, 0) is 4.79 Å². The van der Waals surface area contributed by atoms with Crippen molar-refractivity contribution in [3.05, 3.63) is 72.9 Å². The molecular weight excluding hydrogens is 534 g/mol. The maximum atomic E-state index is 12.3. The first-order valence-corrected chi connectivity index (χ1v) is 17.2. The normalized spacial score (nSPS) is 14.8. The van der Waals surface area contributed by atoms with E-state index in [1.54, 1.807) is 6.08 Å². The zero-order chi connectivity index (χ0) is 31.6. The quantitative estimate of drug-likeness (QED) is 0.0510. The Labute approximate surface area is 264 Å². The van der Waals surface area contributed by atoms with E-state index in [0.29, 0.717) is 6.42 Å². The van der Waals surface area contributed by atoms with Gasteiger partial charge in [-0.3, -0.25) is 4.79 Å². The molecule has 0 saturated carbocycles. The van der Waals surface area contributed by atoms with E-state index in [0.717, 1.165) is 64.2 Å². The van der Waals surface area contributed by atoms with E-state index in [4.69, 9.17) is 0 Å². The lowest BCUT2D eigenvalue weighted by molar-refractivity contribution is -0.122. The Morgan fingerprint density at radius 3 is 1.74 bits per heavy atom. The van der Waals surface area contributed by atoms with Crippen LogP contribution in [0, 0.1) is 0 Å². The summed E-state index contributed by atoms with van der Waals surface area (Å²) in [5.74, 6) is -0.139. The van der Waals surface area contributed by atoms with Gasteiger partial charge in [-0.15, -0.1) is 0 Å². The maximum absolute atomic E-state index is 12.3. The van der Waals surface area contributed by atoms with Crippen molar-refractivity contribution in [3.8, 4) is 0 Å². The molecule has 0 spiro atoms. The predicted octanol–water partition coefficient (Wildman–Crippen LogP) is 8.97. The number of aliphatic hydroxyl groups is 3. The number of rotatable bonds is 29. The molecule has 43 heavy (non-hydrogen) atoms. The Morgan fingerprint density at radius 2 is 1.14 bits per heavy atom. The fourth-order valence-corrected chi connectivity index (χ4v) is 4.54. The van der Waals surface area contributed by atoms with E-state index in [2.05, 4.69) is 79.9 Å². The molecule has 0 aliphatic rings. The van der Waals surface area contributed by atoms with Crippen molar-refractivity contribution in [2.45, 2.75) is 154 Å². The average molecular weight is 600 g/mol. The highest BCUT2D eigenvalue weighted by atomic mass is 16.3. The van der Waals surface area contributed by atoms with Gasteiger partial charge in [0, 0.05) is 6.42 Å². The summed E-state index contributed by atoms with van der Waals surface area (Å²) >= 11 is 0. The van der Waals surface area contributed by atoms with Crippen LogP contribution >= 0.6 is 0 Å². The van der Waals surface area contributed by atoms with E-state index in [9.17, 15) is 20.1 Å². The summed E-state index contributed by atoms with van der Waals surface area (Å²) in [6, 6.07) is -0.667. The third-order valence-corrected chi connectivity index (χ3v) is 7.19. The van der Waals surface area contributed by atoms with E-state index in [1.165, 1.54) is 51.4 Å². The Kier molecular flexibility index (Phi) is 31.0. The number of aliphatic hydroxyl groups excluding tert-OH is 3. The SMILES string of the molecule is CCC/C=C\CCCCCCCC/C=C/[C@@H](O)[C@H](CO)NC(=O)CCC/C=C\C/C=C\C/C=C\C/C=C\CC(O)CCC. The molecule has 0 fully saturated rings. The summed E-state index contributed by atoms with van der Waals surface area (Å²) in [7, 11) is 0. The first-order chi connectivity index (χ1) is 21.0. The Morgan fingerprint density at radius 1 is 0.628 bits per heavy atom. The van der Waals surface area contributed by atoms with Crippen LogP contribution in [0.15, 0.2) is 72.9 Å². The molecule has 1 amide bonds. The first kappa shape index (κ1) is 40.8. The summed E-state index contributed by atoms with van der Waals surface area (Å²) in [5.41, 5.74) is 0. The second-order valence-electron chi connectivity index (χ2n) is 11.4. The number of unbranched alkanes of at least 4 members (excludes halogenated alkanes) is 9. The molecular formula is C38H65NO4. The molecule has 0 aliphatic carbocycles. The minimum Gasteiger partial charge on any atom is -0.394 e. The highest BCUT2D eigenvalue weighted by Crippen LogP contribution is 2.10. The van der Waals surface area contributed by atoms with Gasteiger partial charge in [0.2, 0.25) is 5.91 Å². The topological polar surface area (TPSA) is 89.8 Å². The van der Waals surface area contributed by atoms with Gasteiger partial charge in [-0.1, -0.05) is 125 Å². The van der Waals surface area contributed by atoms with Crippen molar-refractivity contribution in [1.29, 1.82) is 0 Å². The molecule has 0 aliphatic heterocycles. The lowest BCUT2D eigenvalue weighted by atomic mass is 10.1. The van der Waals surface area contributed by atoms with Crippen molar-refractivity contribution in [3.63, 3.8) is 0 Å². The highest BCUT2D eigenvalue weighted by molar-refractivity contribution is 5.76. The van der Waals surface area contributed by atoms with Gasteiger partial charge >= 0.3 is 0 Å². The zero-order valence-corrected chi connectivity index (χ0v) is 27.6. The Bertz CT molecular complexity index is 796. The number of nitrogens with one attached hydrogen (secondary N) is 1. The van der Waals surface area contributed by atoms with Gasteiger partial charge in [-0.25, -0.2) is 0 Å². The Hall–Kier alpha value is -2.21. The smallest absolute Gasteiger partial charge is 0.220 e. The van der Waals surface area contributed by atoms with Gasteiger partial charge in [-0.2, -0.15) is 0 Å². The van der Waals surface area contributed by atoms with E-state index in [-0.39, 0.29) is 18.6 Å². The molecule has 0 bridgehead atoms. The molecule has 0 rings (SSSR count). The Balaban J connectivity index is 3.84. The van der Waals surface area contributed by atoms with Gasteiger partial charge < -0.3 is 20.6 Å². The molecule has 1 unspecified atom stereocenters. The fraction of sp³-hybridized carbons (Fsp3) is 0.658. The molecule has 0 saturated heterocycles. The molecule has 246 valence electrons. The van der Waals surface area contributed by atoms with Crippen molar-refractivity contribution in [2.75, 3.05) is 6.61 Å². The number of hydrogen-bond acceptors (Lipinski definition) is 4. The van der Waals surface area contributed by atoms with Gasteiger partial charge in [0.1, 0.15) is 0 Å². The maximum Gasteiger partial charge on any atom is 0.220 e. The largest absolute Gasteiger partial charge is 0.394 e. The summed E-state index contributed by atoms with van der Waals surface area (Å²) in [4.78, 5) is 12.3. The molecule has 0 aromatic rings. The minimum atomic E-state index is -0.878. The van der Waals surface area contributed by atoms with Crippen molar-refractivity contribution in [1.82, 2.24) is 5.32 Å². The number of carbonyl (C=O) groups is 1. The van der Waals surface area contributed by atoms with Gasteiger partial charge in [0.25, 0.3) is 0 Å². The summed E-state index contributed by atoms with van der Waals surface area (Å²) < 4.78 is 0. The van der Waals surface area contributed by atoms with Gasteiger partial charge in [0.05, 0.1) is 24.9 Å². The van der Waals surface area contributed by atoms with Crippen molar-refractivity contribution < 1.29 is 20.1 Å². The third-order valence-electron chi connectivity index (χ3n) is 7.19. The zero-order valence-electron chi connectivity index (χ0n) is 27.6. The van der Waals surface area contributed by atoms with Crippen LogP contribution in [0.1, 0.15) is 136 Å². The average Bonchev–Trinajstić information content (AvgIpc) is 3.00. The third kappa shape index (κ3) is 29.6. The minimum absolute atomic E-state index is 0.139. The number of hydrogen-bond donors (Lipinski definition) is 4. The summed E-state index contributed by atoms with van der Waals surface area (Å²) in [6.45, 7) is 4.01. The van der Waals surface area contributed by atoms with Gasteiger partial charge in [0.15, 0.2) is 0 Å². The molecule has 5 nitrogen and oxygen atoms in total. The van der Waals surface area contributed by atoms with Crippen LogP contribution in [0.3, 0.4) is 0 Å². The monoisotopic (exact) mass is 599 g/mol. The molecule has 0 aromatic carbocycles. The van der Waals surface area contributed by atoms with Crippen LogP contribution in [0.4, 0.5) is 0 Å². The highest BCUT2D eigenvalue weighted by Gasteiger charge is 2.17. The summed E-state index contributed by atoms with van der Waals surface area (Å²) in [5, 5.41) is 32.4. The first-order valence-electron chi connectivity index (χ1n) is 17.2. The fourth-order valence-electron chi connectivity index (χ4n) is 4.54. The second kappa shape index (κ2) is 32.7. The second-order valence-corrected chi connectivity index (χ2v) is 11.4. The molecule has 3 atom stereocenters. The van der Waals surface area contributed by atoms with Crippen molar-refractivity contribution in [2.24, 2.45) is 0 Å².